The number of nitrogens with two attached hydrogens (primary N) is 1. The summed E-state index contributed by atoms with van der Waals surface area (Å²) >= 11 is 3.45. The van der Waals surface area contributed by atoms with Crippen molar-refractivity contribution in [1.29, 1.82) is 0 Å². The maximum atomic E-state index is 11.2. The van der Waals surface area contributed by atoms with Crippen LogP contribution in [0.2, 0.25) is 0 Å². The molecule has 5 aromatic rings. The van der Waals surface area contributed by atoms with Crippen LogP contribution in [0.1, 0.15) is 11.8 Å². The number of imidazole rings is 1. The Labute approximate surface area is 229 Å². The fraction of sp³-hybridized carbons (Fsp3) is 0.240. The van der Waals surface area contributed by atoms with E-state index in [-0.39, 0.29) is 34.5 Å². The van der Waals surface area contributed by atoms with Crippen molar-refractivity contribution in [2.24, 2.45) is 10.2 Å². The standard InChI is InChI=1S/C25H23BrN8O5/c26-13-6-7-15-14(8-13)18(36)23(33(15)9-12-4-2-1-3-5-12)31-32-25-30-17-21(27)28-11-29-22(17)34(25)24-20(38)19(37)16(10-35)39-24/h1-8,11,16,19-20,24,35-38H,9-10H2,(H2,27,28,29)/t16-,19-,20-,24+/m1/s1. The number of hydrogen-bond donors (Lipinski definition) is 5. The second-order valence-electron chi connectivity index (χ2n) is 9.05. The number of aliphatic hydroxyl groups is 3. The third-order valence-electron chi connectivity index (χ3n) is 6.65. The Balaban J connectivity index is 1.50. The molecule has 39 heavy (non-hydrogen) atoms. The Kier molecular flexibility index (Phi) is 6.48. The molecule has 0 unspecified atom stereocenters. The SMILES string of the molecule is Nc1ncnc2c1nc(N=Nc1c(O)c3cc(Br)ccc3n1Cc1ccccc1)n2[C@H]1O[C@H](CO)[C@@H](O)[C@H]1O. The summed E-state index contributed by atoms with van der Waals surface area (Å²) in [5.41, 5.74) is 8.10. The smallest absolute Gasteiger partial charge is 0.254 e. The van der Waals surface area contributed by atoms with Crippen molar-refractivity contribution in [2.45, 2.75) is 31.1 Å². The minimum absolute atomic E-state index is 0.0628. The van der Waals surface area contributed by atoms with Gasteiger partial charge < -0.3 is 35.5 Å². The normalized spacial score (nSPS) is 21.5. The van der Waals surface area contributed by atoms with E-state index in [0.29, 0.717) is 11.9 Å². The van der Waals surface area contributed by atoms with Gasteiger partial charge in [-0.05, 0) is 23.8 Å². The topological polar surface area (TPSA) is 189 Å². The number of aliphatic hydroxyl groups excluding tert-OH is 3. The van der Waals surface area contributed by atoms with Crippen molar-refractivity contribution in [3.8, 4) is 5.75 Å². The van der Waals surface area contributed by atoms with Gasteiger partial charge in [0.15, 0.2) is 34.8 Å². The predicted octanol–water partition coefficient (Wildman–Crippen LogP) is 2.91. The molecule has 200 valence electrons. The van der Waals surface area contributed by atoms with Gasteiger partial charge in [0.1, 0.15) is 24.6 Å². The van der Waals surface area contributed by atoms with Crippen LogP contribution in [0.15, 0.2) is 69.6 Å². The Morgan fingerprint density at radius 2 is 1.85 bits per heavy atom. The lowest BCUT2D eigenvalue weighted by Gasteiger charge is -2.17. The Morgan fingerprint density at radius 1 is 1.05 bits per heavy atom. The summed E-state index contributed by atoms with van der Waals surface area (Å²) in [6.45, 7) is -0.115. The highest BCUT2D eigenvalue weighted by Gasteiger charge is 2.45. The Hall–Kier alpha value is -3.95. The summed E-state index contributed by atoms with van der Waals surface area (Å²) in [5, 5.41) is 51.1. The van der Waals surface area contributed by atoms with Crippen molar-refractivity contribution in [2.75, 3.05) is 12.3 Å². The zero-order valence-electron chi connectivity index (χ0n) is 20.2. The van der Waals surface area contributed by atoms with Gasteiger partial charge in [-0.25, -0.2) is 15.0 Å². The predicted molar refractivity (Wildman–Crippen MR) is 144 cm³/mol. The maximum absolute atomic E-state index is 11.2. The van der Waals surface area contributed by atoms with Crippen LogP contribution in [0, 0.1) is 0 Å². The van der Waals surface area contributed by atoms with E-state index in [0.717, 1.165) is 15.6 Å². The molecule has 0 saturated carbocycles. The number of fused-ring (bicyclic) bond motifs is 2. The number of aromatic nitrogens is 5. The maximum Gasteiger partial charge on any atom is 0.254 e. The summed E-state index contributed by atoms with van der Waals surface area (Å²) in [6.07, 6.45) is -3.82. The number of halogens is 1. The third-order valence-corrected chi connectivity index (χ3v) is 7.14. The molecule has 6 rings (SSSR count). The Morgan fingerprint density at radius 3 is 2.59 bits per heavy atom. The van der Waals surface area contributed by atoms with Gasteiger partial charge in [-0.1, -0.05) is 46.3 Å². The van der Waals surface area contributed by atoms with E-state index in [1.165, 1.54) is 10.9 Å². The lowest BCUT2D eigenvalue weighted by molar-refractivity contribution is -0.0503. The first kappa shape index (κ1) is 25.3. The van der Waals surface area contributed by atoms with E-state index in [1.54, 1.807) is 6.07 Å². The first-order chi connectivity index (χ1) is 18.9. The molecule has 0 aliphatic carbocycles. The van der Waals surface area contributed by atoms with Gasteiger partial charge in [0, 0.05) is 16.4 Å². The first-order valence-electron chi connectivity index (χ1n) is 11.9. The van der Waals surface area contributed by atoms with E-state index >= 15 is 0 Å². The van der Waals surface area contributed by atoms with Crippen molar-refractivity contribution in [3.05, 3.63) is 64.9 Å². The van der Waals surface area contributed by atoms with E-state index in [2.05, 4.69) is 41.1 Å². The van der Waals surface area contributed by atoms with Crippen LogP contribution in [0.3, 0.4) is 0 Å². The van der Waals surface area contributed by atoms with E-state index in [1.807, 2.05) is 47.0 Å². The van der Waals surface area contributed by atoms with Gasteiger partial charge in [0.2, 0.25) is 0 Å². The monoisotopic (exact) mass is 594 g/mol. The first-order valence-corrected chi connectivity index (χ1v) is 12.7. The minimum Gasteiger partial charge on any atom is -0.504 e. The van der Waals surface area contributed by atoms with Crippen molar-refractivity contribution >= 4 is 55.6 Å². The lowest BCUT2D eigenvalue weighted by atomic mass is 10.1. The molecular formula is C25H23BrN8O5. The van der Waals surface area contributed by atoms with Crippen LogP contribution < -0.4 is 5.73 Å². The fourth-order valence-corrected chi connectivity index (χ4v) is 5.09. The molecule has 1 fully saturated rings. The Bertz CT molecular complexity index is 1710. The lowest BCUT2D eigenvalue weighted by Crippen LogP contribution is -2.33. The average molecular weight is 595 g/mol. The number of azo groups is 1. The molecule has 4 heterocycles. The molecule has 1 aliphatic heterocycles. The van der Waals surface area contributed by atoms with Gasteiger partial charge in [-0.15, -0.1) is 10.2 Å². The van der Waals surface area contributed by atoms with Crippen molar-refractivity contribution < 1.29 is 25.2 Å². The highest BCUT2D eigenvalue weighted by atomic mass is 79.9. The van der Waals surface area contributed by atoms with Crippen LogP contribution in [0.5, 0.6) is 5.75 Å². The average Bonchev–Trinajstić information content (AvgIpc) is 3.53. The third kappa shape index (κ3) is 4.31. The summed E-state index contributed by atoms with van der Waals surface area (Å²) in [6, 6.07) is 15.2. The number of aromatic hydroxyl groups is 1. The van der Waals surface area contributed by atoms with Crippen molar-refractivity contribution in [1.82, 2.24) is 24.1 Å². The summed E-state index contributed by atoms with van der Waals surface area (Å²) < 4.78 is 9.66. The molecule has 0 spiro atoms. The fourth-order valence-electron chi connectivity index (χ4n) is 4.73. The van der Waals surface area contributed by atoms with Gasteiger partial charge in [-0.2, -0.15) is 0 Å². The molecule has 1 aliphatic rings. The number of rotatable bonds is 6. The minimum atomic E-state index is -1.43. The quantitative estimate of drug-likeness (QED) is 0.184. The number of ether oxygens (including phenoxy) is 1. The number of hydrogen-bond acceptors (Lipinski definition) is 11. The van der Waals surface area contributed by atoms with Crippen LogP contribution in [-0.2, 0) is 11.3 Å². The van der Waals surface area contributed by atoms with Crippen LogP contribution >= 0.6 is 15.9 Å². The molecule has 1 saturated heterocycles. The van der Waals surface area contributed by atoms with Crippen LogP contribution in [-0.4, -0.2) is 69.4 Å². The van der Waals surface area contributed by atoms with Gasteiger partial charge in [0.05, 0.1) is 12.1 Å². The van der Waals surface area contributed by atoms with Crippen LogP contribution in [0.25, 0.3) is 22.1 Å². The summed E-state index contributed by atoms with van der Waals surface area (Å²) in [4.78, 5) is 12.6. The van der Waals surface area contributed by atoms with Gasteiger partial charge in [0.25, 0.3) is 5.95 Å². The molecule has 4 atom stereocenters. The highest BCUT2D eigenvalue weighted by molar-refractivity contribution is 9.10. The summed E-state index contributed by atoms with van der Waals surface area (Å²) in [7, 11) is 0. The van der Waals surface area contributed by atoms with Crippen LogP contribution in [0.4, 0.5) is 17.6 Å². The van der Waals surface area contributed by atoms with E-state index in [9.17, 15) is 20.4 Å². The van der Waals surface area contributed by atoms with E-state index in [4.69, 9.17) is 10.5 Å². The molecule has 3 aromatic heterocycles. The van der Waals surface area contributed by atoms with Gasteiger partial charge in [-0.3, -0.25) is 4.57 Å². The molecule has 13 nitrogen and oxygen atoms in total. The second-order valence-corrected chi connectivity index (χ2v) is 9.96. The second kappa shape index (κ2) is 9.98. The molecule has 0 amide bonds. The summed E-state index contributed by atoms with van der Waals surface area (Å²) in [5.74, 6) is 0.0867. The zero-order valence-corrected chi connectivity index (χ0v) is 21.8. The molecule has 6 N–H and O–H groups in total. The van der Waals surface area contributed by atoms with Gasteiger partial charge >= 0.3 is 0 Å². The number of benzene rings is 2. The molecule has 14 heteroatoms. The zero-order chi connectivity index (χ0) is 27.3. The molecular weight excluding hydrogens is 572 g/mol. The molecule has 2 aromatic carbocycles. The highest BCUT2D eigenvalue weighted by Crippen LogP contribution is 2.42. The van der Waals surface area contributed by atoms with Crippen molar-refractivity contribution in [3.63, 3.8) is 0 Å². The number of nitrogens with zero attached hydrogens (tertiary/aromatic N) is 7. The largest absolute Gasteiger partial charge is 0.504 e. The van der Waals surface area contributed by atoms with E-state index < -0.39 is 31.1 Å². The number of anilines is 1. The molecule has 0 bridgehead atoms. The number of nitrogen functional groups attached to an aromatic ring is 1. The molecule has 0 radical (unpaired) electrons.